The molecule has 0 spiro atoms. The van der Waals surface area contributed by atoms with Gasteiger partial charge in [-0.25, -0.2) is 15.0 Å². The number of imidazole rings is 1. The Bertz CT molecular complexity index is 832. The van der Waals surface area contributed by atoms with E-state index in [1.165, 1.54) is 17.2 Å². The Morgan fingerprint density at radius 2 is 2.03 bits per heavy atom. The molecule has 3 rings (SSSR count). The number of aliphatic carboxylic acids is 1. The van der Waals surface area contributed by atoms with E-state index in [0.29, 0.717) is 29.1 Å². The summed E-state index contributed by atoms with van der Waals surface area (Å²) in [6.07, 6.45) is 1.31. The van der Waals surface area contributed by atoms with Crippen molar-refractivity contribution in [1.82, 2.24) is 19.5 Å². The number of ether oxygens (including phenoxy) is 1. The number of hydrogen-bond acceptors (Lipinski definition) is 9. The number of carbonyl (C=O) groups is 1. The number of halogens is 1. The first-order valence-electron chi connectivity index (χ1n) is 8.31. The first-order valence-corrected chi connectivity index (χ1v) is 10.3. The van der Waals surface area contributed by atoms with E-state index in [1.807, 2.05) is 6.26 Å². The second-order valence-corrected chi connectivity index (χ2v) is 8.82. The molecule has 0 aliphatic carbocycles. The zero-order valence-corrected chi connectivity index (χ0v) is 17.6. The Morgan fingerprint density at radius 1 is 1.34 bits per heavy atom. The van der Waals surface area contributed by atoms with Gasteiger partial charge in [0.2, 0.25) is 0 Å². The van der Waals surface area contributed by atoms with E-state index in [-0.39, 0.29) is 48.0 Å². The van der Waals surface area contributed by atoms with Crippen LogP contribution in [0.1, 0.15) is 12.6 Å². The maximum Gasteiger partial charge on any atom is 0.320 e. The van der Waals surface area contributed by atoms with Gasteiger partial charge in [-0.2, -0.15) is 0 Å². The van der Waals surface area contributed by atoms with Gasteiger partial charge in [0, 0.05) is 25.3 Å². The van der Waals surface area contributed by atoms with Gasteiger partial charge in [-0.15, -0.1) is 0 Å². The summed E-state index contributed by atoms with van der Waals surface area (Å²) in [6, 6.07) is -0.907. The molecule has 1 unspecified atom stereocenters. The summed E-state index contributed by atoms with van der Waals surface area (Å²) >= 11 is 0. The number of carboxylic acid groups (broad SMARTS) is 1. The van der Waals surface area contributed by atoms with Crippen molar-refractivity contribution in [2.24, 2.45) is 5.73 Å². The third-order valence-electron chi connectivity index (χ3n) is 4.54. The number of rotatable bonds is 7. The van der Waals surface area contributed by atoms with Crippen molar-refractivity contribution in [1.29, 1.82) is 0 Å². The molecule has 1 radical (unpaired) electrons. The SMILES string of the molecule is C[S+](CC[C@H](N)C(=O)O)C[C@H]1O[C@@H](n2cnc3c(N)ncnc32)[C@H](O)[C@@H]1O.[Cl-].[Li]. The molecule has 1 aliphatic heterocycles. The number of fused-ring (bicyclic) bond motifs is 1. The van der Waals surface area contributed by atoms with E-state index >= 15 is 0 Å². The smallest absolute Gasteiger partial charge is 0.320 e. The van der Waals surface area contributed by atoms with Crippen molar-refractivity contribution in [3.8, 4) is 0 Å². The van der Waals surface area contributed by atoms with Crippen LogP contribution in [0, 0.1) is 0 Å². The molecule has 1 aliphatic rings. The molecule has 0 aromatic carbocycles. The summed E-state index contributed by atoms with van der Waals surface area (Å²) in [7, 11) is -0.235. The number of nitrogens with two attached hydrogens (primary N) is 2. The van der Waals surface area contributed by atoms with Crippen molar-refractivity contribution in [3.63, 3.8) is 0 Å². The van der Waals surface area contributed by atoms with Gasteiger partial charge in [0.1, 0.15) is 47.7 Å². The van der Waals surface area contributed by atoms with Crippen LogP contribution in [0.5, 0.6) is 0 Å². The normalized spacial score (nSPS) is 25.8. The minimum atomic E-state index is -1.16. The van der Waals surface area contributed by atoms with Gasteiger partial charge in [0.25, 0.3) is 0 Å². The summed E-state index contributed by atoms with van der Waals surface area (Å²) in [6.45, 7) is 0. The number of hydrogen-bond donors (Lipinski definition) is 5. The average molecular weight is 442 g/mol. The van der Waals surface area contributed by atoms with E-state index in [1.54, 1.807) is 0 Å². The first-order chi connectivity index (χ1) is 12.8. The quantitative estimate of drug-likeness (QED) is 0.205. The maximum atomic E-state index is 10.8. The van der Waals surface area contributed by atoms with Gasteiger partial charge < -0.3 is 43.9 Å². The van der Waals surface area contributed by atoms with Crippen molar-refractivity contribution < 1.29 is 37.3 Å². The molecule has 3 heterocycles. The molecule has 1 saturated heterocycles. The van der Waals surface area contributed by atoms with Crippen LogP contribution in [-0.2, 0) is 20.4 Å². The summed E-state index contributed by atoms with van der Waals surface area (Å²) in [4.78, 5) is 23.0. The van der Waals surface area contributed by atoms with E-state index in [0.717, 1.165) is 0 Å². The molecule has 0 bridgehead atoms. The summed E-state index contributed by atoms with van der Waals surface area (Å²) < 4.78 is 7.41. The molecular formula is C15H23ClLiN6O5S. The molecule has 157 valence electrons. The zero-order valence-electron chi connectivity index (χ0n) is 16.1. The molecule has 6 atom stereocenters. The van der Waals surface area contributed by atoms with Crippen LogP contribution in [0.2, 0.25) is 0 Å². The monoisotopic (exact) mass is 441 g/mol. The average Bonchev–Trinajstić information content (AvgIpc) is 3.17. The zero-order chi connectivity index (χ0) is 19.7. The third kappa shape index (κ3) is 5.53. The predicted octanol–water partition coefficient (Wildman–Crippen LogP) is -5.30. The van der Waals surface area contributed by atoms with Gasteiger partial charge in [-0.05, 0) is 10.9 Å². The summed E-state index contributed by atoms with van der Waals surface area (Å²) in [5, 5.41) is 29.7. The fraction of sp³-hybridized carbons (Fsp3) is 0.600. The Hall–Kier alpha value is -1.10. The van der Waals surface area contributed by atoms with Gasteiger partial charge in [-0.3, -0.25) is 9.36 Å². The largest absolute Gasteiger partial charge is 1.00 e. The van der Waals surface area contributed by atoms with Crippen molar-refractivity contribution in [2.45, 2.75) is 37.0 Å². The Balaban J connectivity index is 0.00000210. The molecule has 0 saturated carbocycles. The van der Waals surface area contributed by atoms with E-state index in [2.05, 4.69) is 15.0 Å². The fourth-order valence-electron chi connectivity index (χ4n) is 2.97. The molecule has 29 heavy (non-hydrogen) atoms. The number of nitrogen functional groups attached to an aromatic ring is 1. The maximum absolute atomic E-state index is 10.8. The first kappa shape index (κ1) is 25.9. The molecule has 0 amide bonds. The van der Waals surface area contributed by atoms with Crippen LogP contribution in [0.25, 0.3) is 11.2 Å². The number of carboxylic acids is 1. The second kappa shape index (κ2) is 10.8. The second-order valence-electron chi connectivity index (χ2n) is 6.51. The van der Waals surface area contributed by atoms with Gasteiger partial charge in [-0.1, -0.05) is 0 Å². The number of nitrogens with zero attached hydrogens (tertiary/aromatic N) is 4. The van der Waals surface area contributed by atoms with Crippen molar-refractivity contribution in [2.75, 3.05) is 23.5 Å². The number of aliphatic hydroxyl groups is 2. The van der Waals surface area contributed by atoms with Crippen LogP contribution < -0.4 is 23.9 Å². The van der Waals surface area contributed by atoms with Crippen LogP contribution in [0.4, 0.5) is 5.82 Å². The summed E-state index contributed by atoms with van der Waals surface area (Å²) in [5.74, 6) is 0.254. The minimum Gasteiger partial charge on any atom is -1.00 e. The topological polar surface area (TPSA) is 183 Å². The Kier molecular flexibility index (Phi) is 9.64. The van der Waals surface area contributed by atoms with E-state index in [4.69, 9.17) is 21.3 Å². The van der Waals surface area contributed by atoms with E-state index in [9.17, 15) is 15.0 Å². The molecule has 7 N–H and O–H groups in total. The van der Waals surface area contributed by atoms with Gasteiger partial charge in [0.05, 0.1) is 12.6 Å². The van der Waals surface area contributed by atoms with Crippen LogP contribution in [0.3, 0.4) is 0 Å². The number of aliphatic hydroxyl groups excluding tert-OH is 2. The molecule has 14 heteroatoms. The third-order valence-corrected chi connectivity index (χ3v) is 6.37. The predicted molar refractivity (Wildman–Crippen MR) is 105 cm³/mol. The standard InChI is InChI=1S/C15H22N6O5S.ClH.Li/c1-27(3-2-7(16)15(24)25)4-8-10(22)11(23)14(26-8)21-6-20-9-12(17)18-5-19-13(9)21;;/h5-8,10-11,14,22-23H,2-4,16H2,1H3,(H2-,17,18,19,24,25);1H;/t7-,8+,10+,11+,14+,27?;;/m0../s1. The minimum absolute atomic E-state index is 0. The molecular weight excluding hydrogens is 419 g/mol. The van der Waals surface area contributed by atoms with Crippen molar-refractivity contribution in [3.05, 3.63) is 12.7 Å². The molecule has 1 fully saturated rings. The van der Waals surface area contributed by atoms with Gasteiger partial charge >= 0.3 is 5.97 Å². The van der Waals surface area contributed by atoms with Crippen LogP contribution in [-0.4, -0.2) is 102 Å². The Morgan fingerprint density at radius 3 is 2.69 bits per heavy atom. The summed E-state index contributed by atoms with van der Waals surface area (Å²) in [5.41, 5.74) is 12.1. The van der Waals surface area contributed by atoms with Crippen molar-refractivity contribution >= 4 is 52.7 Å². The van der Waals surface area contributed by atoms with Gasteiger partial charge in [0.15, 0.2) is 17.7 Å². The Labute approximate surface area is 188 Å². The number of anilines is 1. The number of aromatic nitrogens is 4. The molecule has 2 aromatic rings. The van der Waals surface area contributed by atoms with Crippen LogP contribution >= 0.6 is 0 Å². The molecule has 11 nitrogen and oxygen atoms in total. The van der Waals surface area contributed by atoms with E-state index < -0.39 is 36.6 Å². The fourth-order valence-corrected chi connectivity index (χ4v) is 4.63. The molecule has 2 aromatic heterocycles. The van der Waals surface area contributed by atoms with Crippen LogP contribution in [0.15, 0.2) is 12.7 Å².